The van der Waals surface area contributed by atoms with Crippen LogP contribution < -0.4 is 5.73 Å². The Morgan fingerprint density at radius 3 is 2.47 bits per heavy atom. The van der Waals surface area contributed by atoms with E-state index in [4.69, 9.17) is 18.0 Å². The summed E-state index contributed by atoms with van der Waals surface area (Å²) in [6, 6.07) is 9.63. The van der Waals surface area contributed by atoms with Crippen LogP contribution in [-0.4, -0.2) is 20.0 Å². The van der Waals surface area contributed by atoms with Crippen molar-refractivity contribution in [1.82, 2.24) is 15.0 Å². The minimum atomic E-state index is 0.273. The molecule has 0 bridgehead atoms. The number of rotatable bonds is 2. The van der Waals surface area contributed by atoms with Crippen LogP contribution in [-0.2, 0) is 0 Å². The van der Waals surface area contributed by atoms with Crippen molar-refractivity contribution in [3.63, 3.8) is 0 Å². The first-order valence-electron chi connectivity index (χ1n) is 4.47. The lowest BCUT2D eigenvalue weighted by Gasteiger charge is -1.96. The van der Waals surface area contributed by atoms with Crippen LogP contribution in [0.5, 0.6) is 0 Å². The Labute approximate surface area is 92.7 Å². The van der Waals surface area contributed by atoms with Crippen molar-refractivity contribution in [3.05, 3.63) is 41.7 Å². The van der Waals surface area contributed by atoms with E-state index in [2.05, 4.69) is 10.2 Å². The first kappa shape index (κ1) is 9.79. The van der Waals surface area contributed by atoms with E-state index < -0.39 is 0 Å². The third kappa shape index (κ3) is 1.87. The van der Waals surface area contributed by atoms with Crippen LogP contribution in [0.3, 0.4) is 0 Å². The largest absolute Gasteiger partial charge is 0.388 e. The van der Waals surface area contributed by atoms with E-state index in [1.165, 1.54) is 4.80 Å². The van der Waals surface area contributed by atoms with Gasteiger partial charge >= 0.3 is 0 Å². The third-order valence-electron chi connectivity index (χ3n) is 2.00. The van der Waals surface area contributed by atoms with E-state index in [0.717, 1.165) is 11.4 Å². The summed E-state index contributed by atoms with van der Waals surface area (Å²) in [5, 5.41) is 8.46. The van der Waals surface area contributed by atoms with Gasteiger partial charge in [0.1, 0.15) is 10.7 Å². The number of aryl methyl sites for hydroxylation is 1. The molecule has 0 amide bonds. The maximum atomic E-state index is 5.52. The summed E-state index contributed by atoms with van der Waals surface area (Å²) in [4.78, 5) is 1.80. The summed E-state index contributed by atoms with van der Waals surface area (Å²) in [6.07, 6.45) is 0. The van der Waals surface area contributed by atoms with Gasteiger partial charge in [-0.3, -0.25) is 0 Å². The predicted octanol–water partition coefficient (Wildman–Crippen LogP) is 1.21. The van der Waals surface area contributed by atoms with Crippen LogP contribution in [0.1, 0.15) is 11.4 Å². The average Bonchev–Trinajstić information content (AvgIpc) is 2.62. The molecular formula is C10H10N4S. The Hall–Kier alpha value is -1.75. The van der Waals surface area contributed by atoms with Crippen molar-refractivity contribution in [2.75, 3.05) is 0 Å². The summed E-state index contributed by atoms with van der Waals surface area (Å²) >= 11 is 4.87. The summed E-state index contributed by atoms with van der Waals surface area (Å²) in [7, 11) is 0. The molecule has 0 fully saturated rings. The summed E-state index contributed by atoms with van der Waals surface area (Å²) in [5.41, 5.74) is 7.73. The second-order valence-electron chi connectivity index (χ2n) is 3.12. The molecule has 76 valence electrons. The highest BCUT2D eigenvalue weighted by molar-refractivity contribution is 7.80. The second-order valence-corrected chi connectivity index (χ2v) is 3.56. The summed E-state index contributed by atoms with van der Waals surface area (Å²) in [6.45, 7) is 1.83. The number of hydrogen-bond donors (Lipinski definition) is 1. The maximum Gasteiger partial charge on any atom is 0.143 e. The average molecular weight is 218 g/mol. The molecule has 2 N–H and O–H groups in total. The molecule has 1 heterocycles. The molecule has 2 rings (SSSR count). The highest BCUT2D eigenvalue weighted by Gasteiger charge is 2.09. The Kier molecular flexibility index (Phi) is 2.47. The molecule has 2 aromatic rings. The van der Waals surface area contributed by atoms with Gasteiger partial charge in [0.05, 0.1) is 11.4 Å². The highest BCUT2D eigenvalue weighted by Crippen LogP contribution is 2.07. The van der Waals surface area contributed by atoms with Gasteiger partial charge in [-0.05, 0) is 19.1 Å². The fraction of sp³-hybridized carbons (Fsp3) is 0.100. The SMILES string of the molecule is Cc1nn(-c2ccccc2)nc1C(N)=S. The van der Waals surface area contributed by atoms with Crippen LogP contribution >= 0.6 is 12.2 Å². The standard InChI is InChI=1S/C10H10N4S/c1-7-9(10(11)15)13-14(12-7)8-5-3-2-4-6-8/h2-6H,1H3,(H2,11,15). The number of aromatic nitrogens is 3. The Morgan fingerprint density at radius 2 is 1.93 bits per heavy atom. The zero-order valence-corrected chi connectivity index (χ0v) is 9.03. The van der Waals surface area contributed by atoms with E-state index in [1.807, 2.05) is 37.3 Å². The van der Waals surface area contributed by atoms with Gasteiger partial charge < -0.3 is 5.73 Å². The number of thiocarbonyl (C=S) groups is 1. The molecule has 1 aromatic carbocycles. The molecule has 0 aliphatic rings. The Balaban J connectivity index is 2.48. The fourth-order valence-corrected chi connectivity index (χ4v) is 1.47. The minimum Gasteiger partial charge on any atom is -0.388 e. The number of benzene rings is 1. The lowest BCUT2D eigenvalue weighted by molar-refractivity contribution is 0.744. The number of hydrogen-bond acceptors (Lipinski definition) is 3. The van der Waals surface area contributed by atoms with Gasteiger partial charge in [-0.1, -0.05) is 30.4 Å². The van der Waals surface area contributed by atoms with Crippen LogP contribution in [0.25, 0.3) is 5.69 Å². The van der Waals surface area contributed by atoms with Gasteiger partial charge in [-0.15, -0.1) is 5.10 Å². The number of nitrogens with two attached hydrogens (primary N) is 1. The zero-order valence-electron chi connectivity index (χ0n) is 8.21. The van der Waals surface area contributed by atoms with E-state index in [-0.39, 0.29) is 4.99 Å². The molecule has 0 saturated carbocycles. The van der Waals surface area contributed by atoms with Gasteiger partial charge in [0, 0.05) is 0 Å². The van der Waals surface area contributed by atoms with E-state index in [1.54, 1.807) is 0 Å². The molecule has 0 saturated heterocycles. The van der Waals surface area contributed by atoms with Gasteiger partial charge in [0.25, 0.3) is 0 Å². The molecule has 1 aromatic heterocycles. The van der Waals surface area contributed by atoms with Crippen molar-refractivity contribution in [2.45, 2.75) is 6.92 Å². The topological polar surface area (TPSA) is 56.7 Å². The summed E-state index contributed by atoms with van der Waals surface area (Å²) in [5.74, 6) is 0. The van der Waals surface area contributed by atoms with Gasteiger partial charge in [-0.25, -0.2) is 0 Å². The Bertz CT molecular complexity index is 489. The molecule has 0 atom stereocenters. The van der Waals surface area contributed by atoms with Crippen molar-refractivity contribution in [2.24, 2.45) is 5.73 Å². The third-order valence-corrected chi connectivity index (χ3v) is 2.20. The van der Waals surface area contributed by atoms with Crippen LogP contribution in [0.4, 0.5) is 0 Å². The number of nitrogens with zero attached hydrogens (tertiary/aromatic N) is 3. The normalized spacial score (nSPS) is 10.2. The van der Waals surface area contributed by atoms with Gasteiger partial charge in [-0.2, -0.15) is 9.90 Å². The van der Waals surface area contributed by atoms with Gasteiger partial charge in [0.2, 0.25) is 0 Å². The molecule has 0 aliphatic carbocycles. The number of para-hydroxylation sites is 1. The van der Waals surface area contributed by atoms with Crippen molar-refractivity contribution in [1.29, 1.82) is 0 Å². The highest BCUT2D eigenvalue weighted by atomic mass is 32.1. The van der Waals surface area contributed by atoms with E-state index in [9.17, 15) is 0 Å². The van der Waals surface area contributed by atoms with Crippen molar-refractivity contribution >= 4 is 17.2 Å². The maximum absolute atomic E-state index is 5.52. The smallest absolute Gasteiger partial charge is 0.143 e. The van der Waals surface area contributed by atoms with Gasteiger partial charge in [0.15, 0.2) is 0 Å². The zero-order chi connectivity index (χ0) is 10.8. The predicted molar refractivity (Wildman–Crippen MR) is 62.0 cm³/mol. The quantitative estimate of drug-likeness (QED) is 0.770. The monoisotopic (exact) mass is 218 g/mol. The lowest BCUT2D eigenvalue weighted by atomic mass is 10.3. The molecule has 5 heteroatoms. The van der Waals surface area contributed by atoms with Crippen LogP contribution in [0.15, 0.2) is 30.3 Å². The van der Waals surface area contributed by atoms with E-state index in [0.29, 0.717) is 5.69 Å². The molecule has 0 unspecified atom stereocenters. The summed E-state index contributed by atoms with van der Waals surface area (Å²) < 4.78 is 0. The Morgan fingerprint density at radius 1 is 1.27 bits per heavy atom. The molecule has 0 aliphatic heterocycles. The molecule has 0 radical (unpaired) electrons. The molecule has 4 nitrogen and oxygen atoms in total. The minimum absolute atomic E-state index is 0.273. The van der Waals surface area contributed by atoms with E-state index >= 15 is 0 Å². The van der Waals surface area contributed by atoms with Crippen LogP contribution in [0, 0.1) is 6.92 Å². The molecular weight excluding hydrogens is 208 g/mol. The molecule has 15 heavy (non-hydrogen) atoms. The van der Waals surface area contributed by atoms with Crippen LogP contribution in [0.2, 0.25) is 0 Å². The lowest BCUT2D eigenvalue weighted by Crippen LogP contribution is -2.12. The second kappa shape index (κ2) is 3.78. The first-order chi connectivity index (χ1) is 7.18. The first-order valence-corrected chi connectivity index (χ1v) is 4.88. The fourth-order valence-electron chi connectivity index (χ4n) is 1.28. The molecule has 0 spiro atoms. The van der Waals surface area contributed by atoms with Crippen molar-refractivity contribution in [3.8, 4) is 5.69 Å². The van der Waals surface area contributed by atoms with Crippen molar-refractivity contribution < 1.29 is 0 Å².